The zero-order chi connectivity index (χ0) is 12.4. The molecule has 4 nitrogen and oxygen atoms in total. The predicted octanol–water partition coefficient (Wildman–Crippen LogP) is 0.633. The molecule has 0 aromatic carbocycles. The average molecular weight is 230 g/mol. The van der Waals surface area contributed by atoms with E-state index in [0.717, 1.165) is 19.4 Å². The van der Waals surface area contributed by atoms with Gasteiger partial charge in [0.05, 0.1) is 16.7 Å². The molecule has 1 fully saturated rings. The minimum absolute atomic E-state index is 0.144. The molecule has 16 heavy (non-hydrogen) atoms. The monoisotopic (exact) mass is 230 g/mol. The van der Waals surface area contributed by atoms with Crippen LogP contribution in [-0.2, 0) is 4.74 Å². The van der Waals surface area contributed by atoms with Gasteiger partial charge < -0.3 is 20.9 Å². The van der Waals surface area contributed by atoms with Gasteiger partial charge in [-0.1, -0.05) is 0 Å². The Hall–Kier alpha value is -0.160. The SMILES string of the molecule is CC1(C)CC(CN)(NCCCO)C(C)(C)O1. The number of nitrogens with one attached hydrogen (secondary N) is 1. The van der Waals surface area contributed by atoms with Crippen molar-refractivity contribution in [1.82, 2.24) is 5.32 Å². The molecule has 1 atom stereocenters. The Morgan fingerprint density at radius 3 is 2.31 bits per heavy atom. The van der Waals surface area contributed by atoms with Crippen molar-refractivity contribution in [3.8, 4) is 0 Å². The molecule has 0 radical (unpaired) electrons. The molecule has 1 saturated heterocycles. The third-order valence-corrected chi connectivity index (χ3v) is 3.56. The van der Waals surface area contributed by atoms with Crippen LogP contribution in [0.4, 0.5) is 0 Å². The van der Waals surface area contributed by atoms with Crippen LogP contribution in [-0.4, -0.2) is 41.5 Å². The highest BCUT2D eigenvalue weighted by molar-refractivity contribution is 5.12. The van der Waals surface area contributed by atoms with E-state index in [4.69, 9.17) is 15.6 Å². The summed E-state index contributed by atoms with van der Waals surface area (Å²) in [6, 6.07) is 0. The Balaban J connectivity index is 2.77. The van der Waals surface area contributed by atoms with Gasteiger partial charge in [-0.25, -0.2) is 0 Å². The first-order valence-corrected chi connectivity index (χ1v) is 6.05. The van der Waals surface area contributed by atoms with E-state index in [9.17, 15) is 0 Å². The standard InChI is InChI=1S/C12H26N2O2/c1-10(2)8-12(9-13,11(3,4)16-10)14-6-5-7-15/h14-15H,5-9,13H2,1-4H3. The summed E-state index contributed by atoms with van der Waals surface area (Å²) < 4.78 is 6.07. The average Bonchev–Trinajstić information content (AvgIpc) is 2.32. The second-order valence-corrected chi connectivity index (χ2v) is 5.84. The summed E-state index contributed by atoms with van der Waals surface area (Å²) >= 11 is 0. The molecular formula is C12H26N2O2. The van der Waals surface area contributed by atoms with Gasteiger partial charge in [-0.3, -0.25) is 0 Å². The Bertz CT molecular complexity index is 241. The highest BCUT2D eigenvalue weighted by Crippen LogP contribution is 2.44. The van der Waals surface area contributed by atoms with Crippen LogP contribution in [0, 0.1) is 0 Å². The molecule has 1 aliphatic rings. The maximum Gasteiger partial charge on any atom is 0.0827 e. The second-order valence-electron chi connectivity index (χ2n) is 5.84. The maximum absolute atomic E-state index is 8.83. The summed E-state index contributed by atoms with van der Waals surface area (Å²) in [7, 11) is 0. The van der Waals surface area contributed by atoms with Gasteiger partial charge in [0.1, 0.15) is 0 Å². The Morgan fingerprint density at radius 1 is 1.31 bits per heavy atom. The van der Waals surface area contributed by atoms with E-state index in [0.29, 0.717) is 6.54 Å². The highest BCUT2D eigenvalue weighted by Gasteiger charge is 2.55. The van der Waals surface area contributed by atoms with E-state index in [1.807, 2.05) is 0 Å². The number of hydrogen-bond acceptors (Lipinski definition) is 4. The van der Waals surface area contributed by atoms with E-state index in [1.54, 1.807) is 0 Å². The predicted molar refractivity (Wildman–Crippen MR) is 65.4 cm³/mol. The maximum atomic E-state index is 8.83. The van der Waals surface area contributed by atoms with E-state index >= 15 is 0 Å². The minimum atomic E-state index is -0.277. The van der Waals surface area contributed by atoms with E-state index in [2.05, 4.69) is 33.0 Å². The van der Waals surface area contributed by atoms with Crippen molar-refractivity contribution in [2.45, 2.75) is 57.3 Å². The summed E-state index contributed by atoms with van der Waals surface area (Å²) in [5.41, 5.74) is 5.33. The fourth-order valence-electron chi connectivity index (χ4n) is 2.84. The topological polar surface area (TPSA) is 67.5 Å². The fourth-order valence-corrected chi connectivity index (χ4v) is 2.84. The second kappa shape index (κ2) is 4.61. The lowest BCUT2D eigenvalue weighted by Gasteiger charge is -2.40. The van der Waals surface area contributed by atoms with Crippen LogP contribution in [0.15, 0.2) is 0 Å². The molecule has 0 aliphatic carbocycles. The third kappa shape index (κ3) is 2.56. The van der Waals surface area contributed by atoms with Gasteiger partial charge in [-0.15, -0.1) is 0 Å². The smallest absolute Gasteiger partial charge is 0.0827 e. The van der Waals surface area contributed by atoms with E-state index < -0.39 is 0 Å². The quantitative estimate of drug-likeness (QED) is 0.606. The van der Waals surface area contributed by atoms with Crippen LogP contribution in [0.3, 0.4) is 0 Å². The molecular weight excluding hydrogens is 204 g/mol. The Kier molecular flexibility index (Phi) is 4.00. The van der Waals surface area contributed by atoms with Crippen molar-refractivity contribution in [2.75, 3.05) is 19.7 Å². The van der Waals surface area contributed by atoms with Crippen molar-refractivity contribution in [3.05, 3.63) is 0 Å². The zero-order valence-corrected chi connectivity index (χ0v) is 11.0. The first-order valence-electron chi connectivity index (χ1n) is 6.05. The summed E-state index contributed by atoms with van der Waals surface area (Å²) in [5.74, 6) is 0. The van der Waals surface area contributed by atoms with Crippen LogP contribution < -0.4 is 11.1 Å². The molecule has 96 valence electrons. The molecule has 4 N–H and O–H groups in total. The van der Waals surface area contributed by atoms with Crippen LogP contribution in [0.1, 0.15) is 40.5 Å². The molecule has 0 saturated carbocycles. The first-order chi connectivity index (χ1) is 7.29. The van der Waals surface area contributed by atoms with Crippen LogP contribution in [0.5, 0.6) is 0 Å². The molecule has 0 spiro atoms. The lowest BCUT2D eigenvalue weighted by atomic mass is 9.79. The zero-order valence-electron chi connectivity index (χ0n) is 11.0. The highest BCUT2D eigenvalue weighted by atomic mass is 16.5. The lowest BCUT2D eigenvalue weighted by molar-refractivity contribution is -0.0820. The van der Waals surface area contributed by atoms with Crippen molar-refractivity contribution in [3.63, 3.8) is 0 Å². The Morgan fingerprint density at radius 2 is 1.94 bits per heavy atom. The van der Waals surface area contributed by atoms with Crippen molar-refractivity contribution >= 4 is 0 Å². The van der Waals surface area contributed by atoms with Crippen molar-refractivity contribution in [2.24, 2.45) is 5.73 Å². The van der Waals surface area contributed by atoms with E-state index in [1.165, 1.54) is 0 Å². The van der Waals surface area contributed by atoms with Gasteiger partial charge in [0.15, 0.2) is 0 Å². The van der Waals surface area contributed by atoms with Crippen LogP contribution in [0.25, 0.3) is 0 Å². The van der Waals surface area contributed by atoms with Gasteiger partial charge in [-0.05, 0) is 47.1 Å². The number of aliphatic hydroxyl groups is 1. The third-order valence-electron chi connectivity index (χ3n) is 3.56. The molecule has 1 rings (SSSR count). The first kappa shape index (κ1) is 13.9. The van der Waals surface area contributed by atoms with Gasteiger partial charge >= 0.3 is 0 Å². The number of aliphatic hydroxyl groups excluding tert-OH is 1. The summed E-state index contributed by atoms with van der Waals surface area (Å²) in [6.07, 6.45) is 1.65. The molecule has 1 heterocycles. The normalized spacial score (nSPS) is 31.9. The van der Waals surface area contributed by atoms with Crippen LogP contribution in [0.2, 0.25) is 0 Å². The van der Waals surface area contributed by atoms with Crippen molar-refractivity contribution in [1.29, 1.82) is 0 Å². The summed E-state index contributed by atoms with van der Waals surface area (Å²) in [6.45, 7) is 9.89. The fraction of sp³-hybridized carbons (Fsp3) is 1.00. The van der Waals surface area contributed by atoms with E-state index in [-0.39, 0.29) is 23.3 Å². The number of ether oxygens (including phenoxy) is 1. The lowest BCUT2D eigenvalue weighted by Crippen LogP contribution is -2.62. The molecule has 0 aromatic heterocycles. The number of hydrogen-bond donors (Lipinski definition) is 3. The minimum Gasteiger partial charge on any atom is -0.396 e. The van der Waals surface area contributed by atoms with Gasteiger partial charge in [0.25, 0.3) is 0 Å². The van der Waals surface area contributed by atoms with Gasteiger partial charge in [0, 0.05) is 13.2 Å². The Labute approximate surface area is 98.5 Å². The summed E-state index contributed by atoms with van der Waals surface area (Å²) in [5, 5.41) is 12.3. The molecule has 0 aromatic rings. The molecule has 1 unspecified atom stereocenters. The molecule has 0 bridgehead atoms. The largest absolute Gasteiger partial charge is 0.396 e. The van der Waals surface area contributed by atoms with Crippen LogP contribution >= 0.6 is 0 Å². The van der Waals surface area contributed by atoms with Gasteiger partial charge in [-0.2, -0.15) is 0 Å². The molecule has 4 heteroatoms. The van der Waals surface area contributed by atoms with Gasteiger partial charge in [0.2, 0.25) is 0 Å². The number of nitrogens with two attached hydrogens (primary N) is 1. The summed E-state index contributed by atoms with van der Waals surface area (Å²) in [4.78, 5) is 0. The van der Waals surface area contributed by atoms with Crippen molar-refractivity contribution < 1.29 is 9.84 Å². The number of rotatable bonds is 5. The molecule has 1 aliphatic heterocycles. The molecule has 0 amide bonds.